The molecule has 1 aromatic carbocycles. The summed E-state index contributed by atoms with van der Waals surface area (Å²) in [5.41, 5.74) is 3.21. The van der Waals surface area contributed by atoms with Gasteiger partial charge in [0, 0.05) is 12.1 Å². The van der Waals surface area contributed by atoms with Gasteiger partial charge in [-0.15, -0.1) is 0 Å². The number of hydrogen-bond donors (Lipinski definition) is 0. The van der Waals surface area contributed by atoms with Crippen LogP contribution in [0.1, 0.15) is 16.8 Å². The summed E-state index contributed by atoms with van der Waals surface area (Å²) in [5.74, 6) is 0. The molecule has 0 fully saturated rings. The minimum absolute atomic E-state index is 0.691. The third kappa shape index (κ3) is 2.15. The molecule has 2 heteroatoms. The Balaban J connectivity index is 2.30. The average Bonchev–Trinajstić information content (AvgIpc) is 2.24. The molecule has 0 aliphatic heterocycles. The Morgan fingerprint density at radius 3 is 2.53 bits per heavy atom. The molecule has 0 unspecified atom stereocenters. The topological polar surface area (TPSA) is 26.9 Å². The standard InChI is InChI=1S/C13H13NO/c1-11-6-2-3-7-12(11)10-13-8-4-5-9-14(13)15/h2-9H,10H2,1H3. The van der Waals surface area contributed by atoms with E-state index >= 15 is 0 Å². The van der Waals surface area contributed by atoms with Gasteiger partial charge in [0.15, 0.2) is 11.9 Å². The maximum Gasteiger partial charge on any atom is 0.197 e. The summed E-state index contributed by atoms with van der Waals surface area (Å²) in [6.07, 6.45) is 2.23. The fourth-order valence-electron chi connectivity index (χ4n) is 1.60. The van der Waals surface area contributed by atoms with Crippen molar-refractivity contribution in [3.63, 3.8) is 0 Å². The summed E-state index contributed by atoms with van der Waals surface area (Å²) < 4.78 is 0.923. The van der Waals surface area contributed by atoms with Gasteiger partial charge < -0.3 is 5.21 Å². The van der Waals surface area contributed by atoms with E-state index < -0.39 is 0 Å². The van der Waals surface area contributed by atoms with Crippen LogP contribution in [0.4, 0.5) is 0 Å². The minimum atomic E-state index is 0.691. The van der Waals surface area contributed by atoms with E-state index in [0.717, 1.165) is 10.4 Å². The molecule has 0 amide bonds. The lowest BCUT2D eigenvalue weighted by Gasteiger charge is -2.06. The lowest BCUT2D eigenvalue weighted by molar-refractivity contribution is -0.613. The molecular formula is C13H13NO. The summed E-state index contributed by atoms with van der Waals surface area (Å²) >= 11 is 0. The van der Waals surface area contributed by atoms with E-state index in [1.165, 1.54) is 17.3 Å². The van der Waals surface area contributed by atoms with Crippen LogP contribution < -0.4 is 4.73 Å². The third-order valence-corrected chi connectivity index (χ3v) is 2.54. The average molecular weight is 199 g/mol. The second kappa shape index (κ2) is 4.13. The van der Waals surface area contributed by atoms with Crippen molar-refractivity contribution in [1.29, 1.82) is 0 Å². The monoisotopic (exact) mass is 199 g/mol. The molecule has 2 rings (SSSR count). The molecule has 76 valence electrons. The Labute approximate surface area is 89.4 Å². The third-order valence-electron chi connectivity index (χ3n) is 2.54. The van der Waals surface area contributed by atoms with Crippen LogP contribution in [0, 0.1) is 12.1 Å². The molecule has 0 atom stereocenters. The van der Waals surface area contributed by atoms with Crippen molar-refractivity contribution in [2.45, 2.75) is 13.3 Å². The van der Waals surface area contributed by atoms with E-state index in [1.54, 1.807) is 6.07 Å². The number of benzene rings is 1. The van der Waals surface area contributed by atoms with Gasteiger partial charge in [0.1, 0.15) is 0 Å². The van der Waals surface area contributed by atoms with E-state index in [2.05, 4.69) is 19.1 Å². The fourth-order valence-corrected chi connectivity index (χ4v) is 1.60. The van der Waals surface area contributed by atoms with Gasteiger partial charge in [-0.3, -0.25) is 0 Å². The van der Waals surface area contributed by atoms with Crippen molar-refractivity contribution in [2.75, 3.05) is 0 Å². The Morgan fingerprint density at radius 2 is 1.80 bits per heavy atom. The maximum atomic E-state index is 11.5. The molecule has 15 heavy (non-hydrogen) atoms. The zero-order chi connectivity index (χ0) is 10.7. The molecule has 1 aromatic heterocycles. The summed E-state index contributed by atoms with van der Waals surface area (Å²) in [4.78, 5) is 0. The summed E-state index contributed by atoms with van der Waals surface area (Å²) in [6.45, 7) is 2.06. The van der Waals surface area contributed by atoms with E-state index in [-0.39, 0.29) is 0 Å². The van der Waals surface area contributed by atoms with Crippen LogP contribution in [0.2, 0.25) is 0 Å². The highest BCUT2D eigenvalue weighted by molar-refractivity contribution is 5.28. The second-order valence-corrected chi connectivity index (χ2v) is 3.62. The summed E-state index contributed by atoms with van der Waals surface area (Å²) in [5, 5.41) is 11.5. The largest absolute Gasteiger partial charge is 0.618 e. The van der Waals surface area contributed by atoms with E-state index in [9.17, 15) is 5.21 Å². The zero-order valence-electron chi connectivity index (χ0n) is 8.68. The van der Waals surface area contributed by atoms with E-state index in [0.29, 0.717) is 6.42 Å². The van der Waals surface area contributed by atoms with Crippen LogP contribution in [0.15, 0.2) is 48.7 Å². The lowest BCUT2D eigenvalue weighted by atomic mass is 10.0. The fraction of sp³-hybridized carbons (Fsp3) is 0.154. The first-order valence-corrected chi connectivity index (χ1v) is 4.99. The molecule has 2 aromatic rings. The lowest BCUT2D eigenvalue weighted by Crippen LogP contribution is -2.30. The molecule has 2 nitrogen and oxygen atoms in total. The van der Waals surface area contributed by atoms with Gasteiger partial charge in [-0.1, -0.05) is 30.3 Å². The van der Waals surface area contributed by atoms with Crippen molar-refractivity contribution >= 4 is 0 Å². The molecule has 0 spiro atoms. The van der Waals surface area contributed by atoms with E-state index in [1.807, 2.05) is 24.3 Å². The van der Waals surface area contributed by atoms with Crippen LogP contribution in [-0.2, 0) is 6.42 Å². The van der Waals surface area contributed by atoms with Crippen molar-refractivity contribution in [3.05, 3.63) is 70.7 Å². The van der Waals surface area contributed by atoms with Crippen LogP contribution in [-0.4, -0.2) is 0 Å². The molecular weight excluding hydrogens is 186 g/mol. The number of pyridine rings is 1. The van der Waals surface area contributed by atoms with Crippen molar-refractivity contribution < 1.29 is 4.73 Å². The molecule has 0 saturated heterocycles. The van der Waals surface area contributed by atoms with Gasteiger partial charge in [0.2, 0.25) is 0 Å². The van der Waals surface area contributed by atoms with Crippen molar-refractivity contribution in [2.24, 2.45) is 0 Å². The van der Waals surface area contributed by atoms with Gasteiger partial charge in [-0.25, -0.2) is 0 Å². The van der Waals surface area contributed by atoms with Gasteiger partial charge in [-0.2, -0.15) is 4.73 Å². The normalized spacial score (nSPS) is 10.2. The first kappa shape index (κ1) is 9.71. The Bertz CT molecular complexity index is 422. The number of nitrogens with zero attached hydrogens (tertiary/aromatic N) is 1. The first-order chi connectivity index (χ1) is 7.27. The number of hydrogen-bond acceptors (Lipinski definition) is 1. The number of aromatic nitrogens is 1. The predicted molar refractivity (Wildman–Crippen MR) is 59.4 cm³/mol. The van der Waals surface area contributed by atoms with Gasteiger partial charge in [0.25, 0.3) is 0 Å². The van der Waals surface area contributed by atoms with Crippen LogP contribution in [0.25, 0.3) is 0 Å². The molecule has 0 radical (unpaired) electrons. The van der Waals surface area contributed by atoms with Crippen LogP contribution in [0.3, 0.4) is 0 Å². The summed E-state index contributed by atoms with van der Waals surface area (Å²) in [7, 11) is 0. The van der Waals surface area contributed by atoms with Gasteiger partial charge in [-0.05, 0) is 18.1 Å². The maximum absolute atomic E-state index is 11.5. The molecule has 0 aliphatic rings. The Morgan fingerprint density at radius 1 is 1.07 bits per heavy atom. The highest BCUT2D eigenvalue weighted by Crippen LogP contribution is 2.10. The quantitative estimate of drug-likeness (QED) is 0.538. The molecule has 1 heterocycles. The number of aryl methyl sites for hydroxylation is 1. The van der Waals surface area contributed by atoms with Gasteiger partial charge >= 0.3 is 0 Å². The predicted octanol–water partition coefficient (Wildman–Crippen LogP) is 2.22. The summed E-state index contributed by atoms with van der Waals surface area (Å²) in [6, 6.07) is 13.6. The minimum Gasteiger partial charge on any atom is -0.618 e. The highest BCUT2D eigenvalue weighted by atomic mass is 16.5. The van der Waals surface area contributed by atoms with Crippen LogP contribution in [0.5, 0.6) is 0 Å². The van der Waals surface area contributed by atoms with Crippen molar-refractivity contribution in [3.8, 4) is 0 Å². The number of rotatable bonds is 2. The smallest absolute Gasteiger partial charge is 0.197 e. The SMILES string of the molecule is Cc1ccccc1Cc1cccc[n+]1[O-]. The Kier molecular flexibility index (Phi) is 2.68. The Hall–Kier alpha value is -1.83. The van der Waals surface area contributed by atoms with Crippen LogP contribution >= 0.6 is 0 Å². The second-order valence-electron chi connectivity index (χ2n) is 3.62. The molecule has 0 N–H and O–H groups in total. The first-order valence-electron chi connectivity index (χ1n) is 4.99. The zero-order valence-corrected chi connectivity index (χ0v) is 8.68. The molecule has 0 aliphatic carbocycles. The molecule has 0 saturated carbocycles. The molecule has 0 bridgehead atoms. The van der Waals surface area contributed by atoms with E-state index in [4.69, 9.17) is 0 Å². The van der Waals surface area contributed by atoms with Gasteiger partial charge in [0.05, 0.1) is 6.42 Å². The highest BCUT2D eigenvalue weighted by Gasteiger charge is 2.06. The van der Waals surface area contributed by atoms with Crippen molar-refractivity contribution in [1.82, 2.24) is 0 Å².